The van der Waals surface area contributed by atoms with Crippen LogP contribution in [0, 0.1) is 0 Å². The Morgan fingerprint density at radius 1 is 1.50 bits per heavy atom. The van der Waals surface area contributed by atoms with E-state index in [1.807, 2.05) is 0 Å². The van der Waals surface area contributed by atoms with Crippen LogP contribution in [0.1, 0.15) is 5.82 Å². The van der Waals surface area contributed by atoms with Gasteiger partial charge in [-0.25, -0.2) is 14.8 Å². The highest BCUT2D eigenvalue weighted by atomic mass is 16.4. The standard InChI is InChI=1S/C8H11N3O3/c12-5-6(11-8(13)14)4-7-9-2-1-3-10-7/h1-3,6,11-12H,4-5H2,(H,13,14)/t6-/m0/s1. The molecule has 1 amide bonds. The second-order valence-corrected chi connectivity index (χ2v) is 2.70. The van der Waals surface area contributed by atoms with E-state index in [1.165, 1.54) is 0 Å². The highest BCUT2D eigenvalue weighted by Crippen LogP contribution is 1.95. The third-order valence-electron chi connectivity index (χ3n) is 1.60. The third-order valence-corrected chi connectivity index (χ3v) is 1.60. The van der Waals surface area contributed by atoms with E-state index in [4.69, 9.17) is 10.2 Å². The number of carboxylic acid groups (broad SMARTS) is 1. The van der Waals surface area contributed by atoms with E-state index >= 15 is 0 Å². The Balaban J connectivity index is 2.53. The Morgan fingerprint density at radius 2 is 2.14 bits per heavy atom. The molecule has 0 bridgehead atoms. The van der Waals surface area contributed by atoms with Crippen molar-refractivity contribution in [2.45, 2.75) is 12.5 Å². The minimum atomic E-state index is -1.17. The van der Waals surface area contributed by atoms with Gasteiger partial charge in [0.05, 0.1) is 12.6 Å². The van der Waals surface area contributed by atoms with Gasteiger partial charge in [-0.1, -0.05) is 0 Å². The molecule has 0 spiro atoms. The lowest BCUT2D eigenvalue weighted by Crippen LogP contribution is -2.38. The molecule has 1 heterocycles. The Kier molecular flexibility index (Phi) is 3.81. The summed E-state index contributed by atoms with van der Waals surface area (Å²) in [6, 6.07) is 1.11. The number of amides is 1. The van der Waals surface area contributed by atoms with Gasteiger partial charge >= 0.3 is 6.09 Å². The average molecular weight is 197 g/mol. The molecule has 1 aromatic rings. The minimum Gasteiger partial charge on any atom is -0.465 e. The molecule has 0 saturated carbocycles. The van der Waals surface area contributed by atoms with Crippen molar-refractivity contribution in [2.75, 3.05) is 6.61 Å². The first-order valence-corrected chi connectivity index (χ1v) is 4.08. The number of carbonyl (C=O) groups is 1. The number of nitrogens with one attached hydrogen (secondary N) is 1. The van der Waals surface area contributed by atoms with E-state index < -0.39 is 12.1 Å². The van der Waals surface area contributed by atoms with Crippen molar-refractivity contribution in [2.24, 2.45) is 0 Å². The van der Waals surface area contributed by atoms with Crippen LogP contribution in [-0.2, 0) is 6.42 Å². The molecular formula is C8H11N3O3. The van der Waals surface area contributed by atoms with Gasteiger partial charge in [0.2, 0.25) is 0 Å². The van der Waals surface area contributed by atoms with Crippen LogP contribution in [0.25, 0.3) is 0 Å². The third kappa shape index (κ3) is 3.36. The van der Waals surface area contributed by atoms with E-state index in [0.717, 1.165) is 0 Å². The quantitative estimate of drug-likeness (QED) is 0.613. The smallest absolute Gasteiger partial charge is 0.404 e. The fraction of sp³-hybridized carbons (Fsp3) is 0.375. The van der Waals surface area contributed by atoms with Crippen molar-refractivity contribution in [3.05, 3.63) is 24.3 Å². The van der Waals surface area contributed by atoms with Crippen molar-refractivity contribution in [3.63, 3.8) is 0 Å². The molecule has 0 saturated heterocycles. The van der Waals surface area contributed by atoms with E-state index in [0.29, 0.717) is 5.82 Å². The molecule has 76 valence electrons. The molecular weight excluding hydrogens is 186 g/mol. The summed E-state index contributed by atoms with van der Waals surface area (Å²) in [6.07, 6.45) is 2.25. The van der Waals surface area contributed by atoms with Gasteiger partial charge in [0.15, 0.2) is 0 Å². The maximum absolute atomic E-state index is 10.3. The number of rotatable bonds is 4. The van der Waals surface area contributed by atoms with Gasteiger partial charge in [-0.3, -0.25) is 0 Å². The minimum absolute atomic E-state index is 0.273. The molecule has 0 aliphatic carbocycles. The maximum Gasteiger partial charge on any atom is 0.404 e. The molecule has 0 radical (unpaired) electrons. The lowest BCUT2D eigenvalue weighted by atomic mass is 10.2. The van der Waals surface area contributed by atoms with Crippen LogP contribution in [-0.4, -0.2) is 38.9 Å². The molecule has 0 unspecified atom stereocenters. The number of aliphatic hydroxyl groups is 1. The second kappa shape index (κ2) is 5.13. The van der Waals surface area contributed by atoms with Crippen molar-refractivity contribution in [1.29, 1.82) is 0 Å². The van der Waals surface area contributed by atoms with Gasteiger partial charge in [0.1, 0.15) is 5.82 Å². The summed E-state index contributed by atoms with van der Waals surface area (Å²) in [5, 5.41) is 19.4. The fourth-order valence-electron chi connectivity index (χ4n) is 0.992. The summed E-state index contributed by atoms with van der Waals surface area (Å²) in [4.78, 5) is 18.1. The van der Waals surface area contributed by atoms with E-state index in [1.54, 1.807) is 18.5 Å². The van der Waals surface area contributed by atoms with Crippen LogP contribution in [0.5, 0.6) is 0 Å². The van der Waals surface area contributed by atoms with E-state index in [9.17, 15) is 4.79 Å². The lowest BCUT2D eigenvalue weighted by Gasteiger charge is -2.12. The van der Waals surface area contributed by atoms with Crippen molar-refractivity contribution >= 4 is 6.09 Å². The zero-order chi connectivity index (χ0) is 10.4. The molecule has 3 N–H and O–H groups in total. The summed E-state index contributed by atoms with van der Waals surface area (Å²) in [5.74, 6) is 0.500. The zero-order valence-corrected chi connectivity index (χ0v) is 7.42. The Hall–Kier alpha value is -1.69. The van der Waals surface area contributed by atoms with Crippen LogP contribution in [0.3, 0.4) is 0 Å². The summed E-state index contributed by atoms with van der Waals surface area (Å²) in [6.45, 7) is -0.273. The van der Waals surface area contributed by atoms with Crippen LogP contribution in [0.15, 0.2) is 18.5 Å². The average Bonchev–Trinajstić information content (AvgIpc) is 2.17. The Labute approximate surface area is 80.6 Å². The van der Waals surface area contributed by atoms with Gasteiger partial charge in [-0.05, 0) is 6.07 Å². The van der Waals surface area contributed by atoms with E-state index in [2.05, 4.69) is 15.3 Å². The molecule has 0 fully saturated rings. The molecule has 0 aliphatic heterocycles. The first kappa shape index (κ1) is 10.4. The SMILES string of the molecule is O=C(O)N[C@H](CO)Cc1ncccn1. The van der Waals surface area contributed by atoms with Crippen LogP contribution >= 0.6 is 0 Å². The van der Waals surface area contributed by atoms with Crippen LogP contribution < -0.4 is 5.32 Å². The van der Waals surface area contributed by atoms with Gasteiger partial charge in [0, 0.05) is 18.8 Å². The Morgan fingerprint density at radius 3 is 2.64 bits per heavy atom. The van der Waals surface area contributed by atoms with Crippen molar-refractivity contribution in [1.82, 2.24) is 15.3 Å². The number of hydrogen-bond acceptors (Lipinski definition) is 4. The zero-order valence-electron chi connectivity index (χ0n) is 7.42. The molecule has 1 atom stereocenters. The molecule has 0 aliphatic rings. The molecule has 14 heavy (non-hydrogen) atoms. The second-order valence-electron chi connectivity index (χ2n) is 2.70. The normalized spacial score (nSPS) is 12.1. The fourth-order valence-corrected chi connectivity index (χ4v) is 0.992. The monoisotopic (exact) mass is 197 g/mol. The Bertz CT molecular complexity index is 291. The highest BCUT2D eigenvalue weighted by Gasteiger charge is 2.11. The van der Waals surface area contributed by atoms with Crippen molar-refractivity contribution < 1.29 is 15.0 Å². The van der Waals surface area contributed by atoms with Gasteiger partial charge in [-0.2, -0.15) is 0 Å². The predicted octanol–water partition coefficient (Wildman–Crippen LogP) is -0.352. The lowest BCUT2D eigenvalue weighted by molar-refractivity contribution is 0.177. The first-order valence-electron chi connectivity index (χ1n) is 4.08. The molecule has 1 aromatic heterocycles. The summed E-state index contributed by atoms with van der Waals surface area (Å²) in [7, 11) is 0. The number of aliphatic hydroxyl groups excluding tert-OH is 1. The summed E-state index contributed by atoms with van der Waals surface area (Å²) < 4.78 is 0. The molecule has 6 nitrogen and oxygen atoms in total. The topological polar surface area (TPSA) is 95.3 Å². The van der Waals surface area contributed by atoms with Gasteiger partial charge in [-0.15, -0.1) is 0 Å². The number of hydrogen-bond donors (Lipinski definition) is 3. The van der Waals surface area contributed by atoms with Crippen LogP contribution in [0.2, 0.25) is 0 Å². The summed E-state index contributed by atoms with van der Waals surface area (Å²) in [5.41, 5.74) is 0. The first-order chi connectivity index (χ1) is 6.72. The van der Waals surface area contributed by atoms with Crippen molar-refractivity contribution in [3.8, 4) is 0 Å². The maximum atomic E-state index is 10.3. The summed E-state index contributed by atoms with van der Waals surface area (Å²) >= 11 is 0. The molecule has 6 heteroatoms. The van der Waals surface area contributed by atoms with Gasteiger partial charge in [0.25, 0.3) is 0 Å². The van der Waals surface area contributed by atoms with Gasteiger partial charge < -0.3 is 15.5 Å². The molecule has 1 rings (SSSR count). The largest absolute Gasteiger partial charge is 0.465 e. The van der Waals surface area contributed by atoms with E-state index in [-0.39, 0.29) is 13.0 Å². The number of nitrogens with zero attached hydrogens (tertiary/aromatic N) is 2. The molecule has 0 aromatic carbocycles. The van der Waals surface area contributed by atoms with Crippen LogP contribution in [0.4, 0.5) is 4.79 Å². The highest BCUT2D eigenvalue weighted by molar-refractivity contribution is 5.64. The predicted molar refractivity (Wildman–Crippen MR) is 47.8 cm³/mol. The number of aromatic nitrogens is 2.